The summed E-state index contributed by atoms with van der Waals surface area (Å²) in [6.45, 7) is -0.185. The van der Waals surface area contributed by atoms with Gasteiger partial charge in [0, 0.05) is 11.3 Å². The number of halogens is 1. The molecule has 124 valence electrons. The molecule has 0 radical (unpaired) electrons. The lowest BCUT2D eigenvalue weighted by Crippen LogP contribution is -2.30. The first-order valence-electron chi connectivity index (χ1n) is 7.09. The predicted octanol–water partition coefficient (Wildman–Crippen LogP) is 0.985. The highest BCUT2D eigenvalue weighted by Gasteiger charge is 2.14. The molecule has 3 N–H and O–H groups in total. The largest absolute Gasteiger partial charge is 0.468 e. The number of nitrogen functional groups attached to an aromatic ring is 1. The van der Waals surface area contributed by atoms with Crippen molar-refractivity contribution in [2.24, 2.45) is 0 Å². The molecule has 0 aliphatic heterocycles. The molecule has 0 fully saturated rings. The summed E-state index contributed by atoms with van der Waals surface area (Å²) in [4.78, 5) is 23.2. The third-order valence-corrected chi connectivity index (χ3v) is 3.80. The van der Waals surface area contributed by atoms with Gasteiger partial charge in [0.15, 0.2) is 0 Å². The van der Waals surface area contributed by atoms with E-state index in [2.05, 4.69) is 26.0 Å². The van der Waals surface area contributed by atoms with Crippen molar-refractivity contribution in [3.05, 3.63) is 46.4 Å². The average molecular weight is 391 g/mol. The summed E-state index contributed by atoms with van der Waals surface area (Å²) in [5.74, 6) is 0.353. The summed E-state index contributed by atoms with van der Waals surface area (Å²) in [6.07, 6.45) is 0. The molecule has 0 saturated carbocycles. The maximum absolute atomic E-state index is 12.1. The molecule has 2 aromatic carbocycles. The molecule has 0 heterocycles. The first-order valence-corrected chi connectivity index (χ1v) is 7.88. The Morgan fingerprint density at radius 3 is 2.50 bits per heavy atom. The zero-order valence-electron chi connectivity index (χ0n) is 13.3. The van der Waals surface area contributed by atoms with Gasteiger partial charge in [-0.1, -0.05) is 6.07 Å². The standard InChI is InChI=1S/C16H16BBrN2O4/c1-23-14(21)8-20-16(22)9-6-12(17)15(13(18)7-9)24-11-4-2-10(19)3-5-11/h2-7H,8,17,19H2,1H3,(H,20,22). The summed E-state index contributed by atoms with van der Waals surface area (Å²) in [5, 5.41) is 2.49. The minimum Gasteiger partial charge on any atom is -0.468 e. The molecule has 0 spiro atoms. The van der Waals surface area contributed by atoms with Gasteiger partial charge in [-0.15, -0.1) is 0 Å². The van der Waals surface area contributed by atoms with Crippen LogP contribution in [0, 0.1) is 0 Å². The fraction of sp³-hybridized carbons (Fsp3) is 0.125. The van der Waals surface area contributed by atoms with Gasteiger partial charge < -0.3 is 20.5 Å². The molecule has 0 unspecified atom stereocenters. The maximum Gasteiger partial charge on any atom is 0.325 e. The third-order valence-electron chi connectivity index (χ3n) is 3.21. The van der Waals surface area contributed by atoms with E-state index in [1.165, 1.54) is 7.11 Å². The van der Waals surface area contributed by atoms with Crippen molar-refractivity contribution >= 4 is 46.8 Å². The highest BCUT2D eigenvalue weighted by Crippen LogP contribution is 2.29. The molecule has 8 heteroatoms. The van der Waals surface area contributed by atoms with Crippen molar-refractivity contribution in [3.8, 4) is 11.5 Å². The number of rotatable bonds is 5. The summed E-state index contributed by atoms with van der Waals surface area (Å²) < 4.78 is 11.0. The number of anilines is 1. The van der Waals surface area contributed by atoms with Gasteiger partial charge in [0.05, 0.1) is 11.6 Å². The van der Waals surface area contributed by atoms with E-state index in [1.54, 1.807) is 36.4 Å². The molecule has 0 saturated heterocycles. The lowest BCUT2D eigenvalue weighted by atomic mass is 9.93. The van der Waals surface area contributed by atoms with Gasteiger partial charge in [-0.3, -0.25) is 9.59 Å². The van der Waals surface area contributed by atoms with E-state index in [1.807, 2.05) is 7.85 Å². The van der Waals surface area contributed by atoms with Crippen molar-refractivity contribution in [3.63, 3.8) is 0 Å². The van der Waals surface area contributed by atoms with Crippen LogP contribution < -0.4 is 21.3 Å². The number of amides is 1. The first kappa shape index (κ1) is 17.9. The van der Waals surface area contributed by atoms with Crippen LogP contribution in [0.4, 0.5) is 5.69 Å². The van der Waals surface area contributed by atoms with Crippen LogP contribution in [0.15, 0.2) is 40.9 Å². The minimum absolute atomic E-state index is 0.185. The second-order valence-corrected chi connectivity index (χ2v) is 5.89. The van der Waals surface area contributed by atoms with E-state index in [4.69, 9.17) is 10.5 Å². The zero-order valence-corrected chi connectivity index (χ0v) is 14.8. The highest BCUT2D eigenvalue weighted by atomic mass is 79.9. The number of hydrogen-bond donors (Lipinski definition) is 2. The van der Waals surface area contributed by atoms with Gasteiger partial charge in [0.2, 0.25) is 0 Å². The number of carbonyl (C=O) groups excluding carboxylic acids is 2. The number of carbonyl (C=O) groups is 2. The SMILES string of the molecule is Bc1cc(C(=O)NCC(=O)OC)cc(Br)c1Oc1ccc(N)cc1. The zero-order chi connectivity index (χ0) is 17.7. The fourth-order valence-corrected chi connectivity index (χ4v) is 2.61. The Balaban J connectivity index is 2.17. The van der Waals surface area contributed by atoms with E-state index in [9.17, 15) is 9.59 Å². The van der Waals surface area contributed by atoms with E-state index in [0.29, 0.717) is 27.2 Å². The van der Waals surface area contributed by atoms with Gasteiger partial charge >= 0.3 is 5.97 Å². The number of nitrogens with one attached hydrogen (secondary N) is 1. The summed E-state index contributed by atoms with van der Waals surface area (Å²) in [6, 6.07) is 10.3. The lowest BCUT2D eigenvalue weighted by molar-refractivity contribution is -0.139. The summed E-state index contributed by atoms with van der Waals surface area (Å²) in [5.41, 5.74) is 7.48. The number of hydrogen-bond acceptors (Lipinski definition) is 5. The second-order valence-electron chi connectivity index (χ2n) is 5.03. The Kier molecular flexibility index (Phi) is 5.86. The first-order chi connectivity index (χ1) is 11.4. The Bertz CT molecular complexity index is 742. The third kappa shape index (κ3) is 4.51. The molecule has 24 heavy (non-hydrogen) atoms. The van der Waals surface area contributed by atoms with Crippen molar-refractivity contribution in [1.82, 2.24) is 5.32 Å². The summed E-state index contributed by atoms with van der Waals surface area (Å²) in [7, 11) is 3.09. The monoisotopic (exact) mass is 390 g/mol. The van der Waals surface area contributed by atoms with Gasteiger partial charge in [0.25, 0.3) is 5.91 Å². The van der Waals surface area contributed by atoms with Gasteiger partial charge in [-0.05, 0) is 51.7 Å². The van der Waals surface area contributed by atoms with E-state index in [0.717, 1.165) is 5.46 Å². The molecule has 0 aliphatic carbocycles. The Labute approximate surface area is 148 Å². The molecule has 0 atom stereocenters. The normalized spacial score (nSPS) is 10.1. The van der Waals surface area contributed by atoms with Gasteiger partial charge in [-0.2, -0.15) is 0 Å². The highest BCUT2D eigenvalue weighted by molar-refractivity contribution is 9.10. The Morgan fingerprint density at radius 2 is 1.92 bits per heavy atom. The molecule has 0 bridgehead atoms. The second kappa shape index (κ2) is 7.87. The van der Waals surface area contributed by atoms with Crippen LogP contribution in [0.3, 0.4) is 0 Å². The van der Waals surface area contributed by atoms with Gasteiger partial charge in [0.1, 0.15) is 25.9 Å². The quantitative estimate of drug-likeness (QED) is 0.451. The van der Waals surface area contributed by atoms with E-state index in [-0.39, 0.29) is 12.5 Å². The van der Waals surface area contributed by atoms with Crippen LogP contribution in [-0.2, 0) is 9.53 Å². The van der Waals surface area contributed by atoms with Crippen LogP contribution in [0.5, 0.6) is 11.5 Å². The lowest BCUT2D eigenvalue weighted by Gasteiger charge is -2.13. The smallest absolute Gasteiger partial charge is 0.325 e. The molecule has 2 rings (SSSR count). The van der Waals surface area contributed by atoms with Crippen molar-refractivity contribution < 1.29 is 19.1 Å². The van der Waals surface area contributed by atoms with Crippen molar-refractivity contribution in [2.75, 3.05) is 19.4 Å². The van der Waals surface area contributed by atoms with Crippen molar-refractivity contribution in [2.45, 2.75) is 0 Å². The number of ether oxygens (including phenoxy) is 2. The van der Waals surface area contributed by atoms with Crippen LogP contribution in [-0.4, -0.2) is 33.4 Å². The topological polar surface area (TPSA) is 90.7 Å². The Hall–Kier alpha value is -2.48. The van der Waals surface area contributed by atoms with Gasteiger partial charge in [-0.25, -0.2) is 0 Å². The van der Waals surface area contributed by atoms with Crippen LogP contribution >= 0.6 is 15.9 Å². The maximum atomic E-state index is 12.1. The molecule has 6 nitrogen and oxygen atoms in total. The van der Waals surface area contributed by atoms with E-state index < -0.39 is 5.97 Å². The van der Waals surface area contributed by atoms with Crippen LogP contribution in [0.2, 0.25) is 0 Å². The fourth-order valence-electron chi connectivity index (χ4n) is 1.97. The molecular formula is C16H16BBrN2O4. The number of esters is 1. The number of nitrogens with two attached hydrogens (primary N) is 1. The minimum atomic E-state index is -0.512. The molecular weight excluding hydrogens is 375 g/mol. The number of benzene rings is 2. The van der Waals surface area contributed by atoms with Crippen LogP contribution in [0.1, 0.15) is 10.4 Å². The van der Waals surface area contributed by atoms with Crippen LogP contribution in [0.25, 0.3) is 0 Å². The molecule has 0 aliphatic rings. The van der Waals surface area contributed by atoms with E-state index >= 15 is 0 Å². The summed E-state index contributed by atoms with van der Waals surface area (Å²) >= 11 is 3.41. The molecule has 1 amide bonds. The predicted molar refractivity (Wildman–Crippen MR) is 97.6 cm³/mol. The average Bonchev–Trinajstić information content (AvgIpc) is 2.57. The molecule has 2 aromatic rings. The Morgan fingerprint density at radius 1 is 1.25 bits per heavy atom. The number of methoxy groups -OCH3 is 1. The molecule has 0 aromatic heterocycles. The van der Waals surface area contributed by atoms with Crippen molar-refractivity contribution in [1.29, 1.82) is 0 Å².